The molecule has 0 saturated carbocycles. The van der Waals surface area contributed by atoms with Crippen LogP contribution in [0, 0.1) is 5.92 Å². The van der Waals surface area contributed by atoms with Gasteiger partial charge in [-0.05, 0) is 29.5 Å². The Morgan fingerprint density at radius 3 is 1.69 bits per heavy atom. The molecule has 0 aliphatic carbocycles. The maximum atomic E-state index is 12.9. The van der Waals surface area contributed by atoms with Crippen molar-refractivity contribution >= 4 is 5.97 Å². The number of carbonyl (C=O) groups is 1. The molecule has 0 radical (unpaired) electrons. The molecule has 3 aromatic rings. The predicted octanol–water partition coefficient (Wildman–Crippen LogP) is 5.59. The van der Waals surface area contributed by atoms with E-state index in [1.54, 1.807) is 0 Å². The lowest BCUT2D eigenvalue weighted by molar-refractivity contribution is -0.152. The zero-order valence-electron chi connectivity index (χ0n) is 15.0. The molecule has 0 fully saturated rings. The van der Waals surface area contributed by atoms with Gasteiger partial charge in [0.1, 0.15) is 0 Å². The van der Waals surface area contributed by atoms with Crippen LogP contribution in [0.2, 0.25) is 0 Å². The van der Waals surface area contributed by atoms with Crippen molar-refractivity contribution in [2.45, 2.75) is 25.9 Å². The first kappa shape index (κ1) is 17.9. The first-order valence-electron chi connectivity index (χ1n) is 9.12. The van der Waals surface area contributed by atoms with Gasteiger partial charge in [-0.1, -0.05) is 97.9 Å². The van der Waals surface area contributed by atoms with Gasteiger partial charge in [0.15, 0.2) is 6.10 Å². The molecule has 0 aromatic heterocycles. The Kier molecular flexibility index (Phi) is 6.21. The van der Waals surface area contributed by atoms with Crippen molar-refractivity contribution in [1.29, 1.82) is 0 Å². The zero-order chi connectivity index (χ0) is 18.2. The highest BCUT2D eigenvalue weighted by Gasteiger charge is 2.24. The van der Waals surface area contributed by atoms with Crippen LogP contribution in [0.25, 0.3) is 0 Å². The number of carbonyl (C=O) groups excluding carboxylic acids is 1. The van der Waals surface area contributed by atoms with Crippen LogP contribution in [0.15, 0.2) is 91.0 Å². The molecule has 3 rings (SSSR count). The fraction of sp³-hybridized carbons (Fsp3) is 0.208. The van der Waals surface area contributed by atoms with Gasteiger partial charge in [0.25, 0.3) is 0 Å². The lowest BCUT2D eigenvalue weighted by atomic mass is 9.96. The van der Waals surface area contributed by atoms with Gasteiger partial charge in [0, 0.05) is 0 Å². The summed E-state index contributed by atoms with van der Waals surface area (Å²) in [5.74, 6) is -0.290. The molecule has 0 unspecified atom stereocenters. The van der Waals surface area contributed by atoms with Gasteiger partial charge in [-0.2, -0.15) is 0 Å². The van der Waals surface area contributed by atoms with Crippen LogP contribution in [0.4, 0.5) is 0 Å². The van der Waals surface area contributed by atoms with E-state index in [-0.39, 0.29) is 18.0 Å². The van der Waals surface area contributed by atoms with Crippen LogP contribution < -0.4 is 0 Å². The van der Waals surface area contributed by atoms with E-state index >= 15 is 0 Å². The largest absolute Gasteiger partial charge is 0.452 e. The summed E-state index contributed by atoms with van der Waals surface area (Å²) in [7, 11) is 0. The molecule has 0 saturated heterocycles. The SMILES string of the molecule is CC[C@H](Cc1ccccc1)C(=O)OC(c1ccccc1)c1ccccc1. The third-order valence-corrected chi connectivity index (χ3v) is 4.59. The summed E-state index contributed by atoms with van der Waals surface area (Å²) in [6.07, 6.45) is 1.07. The Morgan fingerprint density at radius 1 is 0.769 bits per heavy atom. The maximum absolute atomic E-state index is 12.9. The summed E-state index contributed by atoms with van der Waals surface area (Å²) in [6.45, 7) is 2.04. The summed E-state index contributed by atoms with van der Waals surface area (Å²) in [4.78, 5) is 12.9. The average Bonchev–Trinajstić information content (AvgIpc) is 2.72. The van der Waals surface area contributed by atoms with Crippen LogP contribution in [0.5, 0.6) is 0 Å². The molecule has 0 N–H and O–H groups in total. The summed E-state index contributed by atoms with van der Waals surface area (Å²) < 4.78 is 6.01. The van der Waals surface area contributed by atoms with Gasteiger partial charge >= 0.3 is 5.97 Å². The first-order valence-corrected chi connectivity index (χ1v) is 9.12. The lowest BCUT2D eigenvalue weighted by Gasteiger charge is -2.22. The highest BCUT2D eigenvalue weighted by Crippen LogP contribution is 2.28. The fourth-order valence-electron chi connectivity index (χ4n) is 3.09. The highest BCUT2D eigenvalue weighted by atomic mass is 16.5. The molecule has 0 spiro atoms. The average molecular weight is 344 g/mol. The van der Waals surface area contributed by atoms with Crippen LogP contribution in [0.3, 0.4) is 0 Å². The molecular weight excluding hydrogens is 320 g/mol. The topological polar surface area (TPSA) is 26.3 Å². The van der Waals surface area contributed by atoms with E-state index in [0.717, 1.165) is 23.1 Å². The molecule has 0 heterocycles. The van der Waals surface area contributed by atoms with Crippen molar-refractivity contribution in [3.05, 3.63) is 108 Å². The second-order valence-electron chi connectivity index (χ2n) is 6.43. The Labute approximate surface area is 155 Å². The van der Waals surface area contributed by atoms with E-state index in [9.17, 15) is 4.79 Å². The van der Waals surface area contributed by atoms with Gasteiger partial charge < -0.3 is 4.74 Å². The third-order valence-electron chi connectivity index (χ3n) is 4.59. The summed E-state index contributed by atoms with van der Waals surface area (Å²) in [6, 6.07) is 30.0. The molecule has 132 valence electrons. The Balaban J connectivity index is 1.80. The van der Waals surface area contributed by atoms with Crippen LogP contribution in [0.1, 0.15) is 36.1 Å². The summed E-state index contributed by atoms with van der Waals surface area (Å²) in [5.41, 5.74) is 3.13. The second-order valence-corrected chi connectivity index (χ2v) is 6.43. The van der Waals surface area contributed by atoms with E-state index < -0.39 is 0 Å². The standard InChI is InChI=1S/C24H24O2/c1-2-20(18-19-12-6-3-7-13-19)24(25)26-23(21-14-8-4-9-15-21)22-16-10-5-11-17-22/h3-17,20,23H,2,18H2,1H3/t20-/m1/s1. The Bertz CT molecular complexity index is 758. The molecule has 0 aliphatic heterocycles. The Morgan fingerprint density at radius 2 is 1.23 bits per heavy atom. The number of hydrogen-bond donors (Lipinski definition) is 0. The van der Waals surface area contributed by atoms with Gasteiger partial charge in [0.2, 0.25) is 0 Å². The minimum atomic E-state index is -0.380. The molecule has 0 aliphatic rings. The molecule has 26 heavy (non-hydrogen) atoms. The lowest BCUT2D eigenvalue weighted by Crippen LogP contribution is -2.22. The Hall–Kier alpha value is -2.87. The normalized spacial score (nSPS) is 11.9. The predicted molar refractivity (Wildman–Crippen MR) is 105 cm³/mol. The monoisotopic (exact) mass is 344 g/mol. The van der Waals surface area contributed by atoms with Crippen molar-refractivity contribution in [1.82, 2.24) is 0 Å². The third kappa shape index (κ3) is 4.60. The van der Waals surface area contributed by atoms with Crippen LogP contribution in [-0.4, -0.2) is 5.97 Å². The van der Waals surface area contributed by atoms with Crippen molar-refractivity contribution in [2.75, 3.05) is 0 Å². The summed E-state index contributed by atoms with van der Waals surface area (Å²) >= 11 is 0. The van der Waals surface area contributed by atoms with Gasteiger partial charge in [0.05, 0.1) is 5.92 Å². The van der Waals surface area contributed by atoms with Crippen molar-refractivity contribution in [3.63, 3.8) is 0 Å². The smallest absolute Gasteiger partial charge is 0.310 e. The van der Waals surface area contributed by atoms with Gasteiger partial charge in [-0.25, -0.2) is 0 Å². The molecule has 2 nitrogen and oxygen atoms in total. The van der Waals surface area contributed by atoms with Crippen molar-refractivity contribution < 1.29 is 9.53 Å². The number of ether oxygens (including phenoxy) is 1. The quantitative estimate of drug-likeness (QED) is 0.522. The highest BCUT2D eigenvalue weighted by molar-refractivity contribution is 5.73. The molecule has 3 aromatic carbocycles. The molecule has 2 heteroatoms. The van der Waals surface area contributed by atoms with Gasteiger partial charge in [-0.3, -0.25) is 4.79 Å². The van der Waals surface area contributed by atoms with E-state index in [1.807, 2.05) is 85.8 Å². The number of rotatable bonds is 7. The summed E-state index contributed by atoms with van der Waals surface area (Å²) in [5, 5.41) is 0. The minimum Gasteiger partial charge on any atom is -0.452 e. The van der Waals surface area contributed by atoms with E-state index in [2.05, 4.69) is 12.1 Å². The zero-order valence-corrected chi connectivity index (χ0v) is 15.0. The van der Waals surface area contributed by atoms with E-state index in [4.69, 9.17) is 4.74 Å². The maximum Gasteiger partial charge on any atom is 0.310 e. The minimum absolute atomic E-state index is 0.144. The fourth-order valence-corrected chi connectivity index (χ4v) is 3.09. The molecule has 0 amide bonds. The molecule has 0 bridgehead atoms. The van der Waals surface area contributed by atoms with Gasteiger partial charge in [-0.15, -0.1) is 0 Å². The van der Waals surface area contributed by atoms with Crippen molar-refractivity contribution in [2.24, 2.45) is 5.92 Å². The van der Waals surface area contributed by atoms with Crippen LogP contribution >= 0.6 is 0 Å². The van der Waals surface area contributed by atoms with Crippen molar-refractivity contribution in [3.8, 4) is 0 Å². The van der Waals surface area contributed by atoms with E-state index in [0.29, 0.717) is 6.42 Å². The molecular formula is C24H24O2. The second kappa shape index (κ2) is 9.00. The molecule has 1 atom stereocenters. The first-order chi connectivity index (χ1) is 12.8. The van der Waals surface area contributed by atoms with Crippen LogP contribution in [-0.2, 0) is 16.0 Å². The number of benzene rings is 3. The van der Waals surface area contributed by atoms with E-state index in [1.165, 1.54) is 0 Å². The number of hydrogen-bond acceptors (Lipinski definition) is 2. The number of esters is 1.